The molecule has 0 atom stereocenters. The van der Waals surface area contributed by atoms with Gasteiger partial charge in [-0.15, -0.1) is 0 Å². The van der Waals surface area contributed by atoms with Crippen molar-refractivity contribution in [3.63, 3.8) is 0 Å². The molecule has 0 unspecified atom stereocenters. The van der Waals surface area contributed by atoms with Gasteiger partial charge in [0.1, 0.15) is 22.6 Å². The number of hydrogen-bond donors (Lipinski definition) is 2. The summed E-state index contributed by atoms with van der Waals surface area (Å²) in [5.41, 5.74) is 9.90. The van der Waals surface area contributed by atoms with Gasteiger partial charge in [0, 0.05) is 43.8 Å². The van der Waals surface area contributed by atoms with Crippen molar-refractivity contribution in [2.24, 2.45) is 0 Å². The third-order valence-electron chi connectivity index (χ3n) is 14.7. The van der Waals surface area contributed by atoms with Gasteiger partial charge in [-0.1, -0.05) is 99.2 Å². The molecule has 72 heavy (non-hydrogen) atoms. The van der Waals surface area contributed by atoms with Crippen LogP contribution in [0.1, 0.15) is 22.3 Å². The number of fused-ring (bicyclic) bond motifs is 26. The Kier molecular flexibility index (Phi) is 8.22. The average Bonchev–Trinajstić information content (AvgIpc) is 4.12. The van der Waals surface area contributed by atoms with E-state index in [9.17, 15) is 0 Å². The summed E-state index contributed by atoms with van der Waals surface area (Å²) >= 11 is 0. The topological polar surface area (TPSA) is 109 Å². The number of nitrogens with one attached hydrogen (secondary N) is 2. The molecule has 0 aliphatic carbocycles. The monoisotopic (exact) mass is 918 g/mol. The Balaban J connectivity index is 1.12. The fourth-order valence-electron chi connectivity index (χ4n) is 11.0. The molecular formula is C64H38N8. The van der Waals surface area contributed by atoms with Crippen molar-refractivity contribution in [3.8, 4) is 45.6 Å². The average molecular weight is 919 g/mol. The van der Waals surface area contributed by atoms with E-state index in [0.29, 0.717) is 45.9 Å². The molecule has 334 valence electrons. The second-order valence-electron chi connectivity index (χ2n) is 18.8. The highest BCUT2D eigenvalue weighted by Gasteiger charge is 2.25. The highest BCUT2D eigenvalue weighted by atomic mass is 15.1. The van der Waals surface area contributed by atoms with Crippen molar-refractivity contribution in [2.75, 3.05) is 0 Å². The molecule has 8 bridgehead atoms. The highest BCUT2D eigenvalue weighted by molar-refractivity contribution is 6.15. The first-order valence-electron chi connectivity index (χ1n) is 23.9. The van der Waals surface area contributed by atoms with Crippen LogP contribution in [0.2, 0.25) is 0 Å². The second kappa shape index (κ2) is 14.8. The summed E-state index contributed by atoms with van der Waals surface area (Å²) in [6.07, 6.45) is 7.46. The van der Waals surface area contributed by atoms with Gasteiger partial charge in [0.2, 0.25) is 0 Å². The fraction of sp³-hybridized carbons (Fsp3) is 0. The Morgan fingerprint density at radius 1 is 0.264 bits per heavy atom. The van der Waals surface area contributed by atoms with Crippen molar-refractivity contribution in [1.29, 1.82) is 0 Å². The van der Waals surface area contributed by atoms with E-state index in [4.69, 9.17) is 29.9 Å². The third-order valence-corrected chi connectivity index (χ3v) is 14.7. The van der Waals surface area contributed by atoms with Gasteiger partial charge < -0.3 is 9.97 Å². The first-order chi connectivity index (χ1) is 35.4. The summed E-state index contributed by atoms with van der Waals surface area (Å²) in [5, 5.41) is 16.7. The lowest BCUT2D eigenvalue weighted by molar-refractivity contribution is 1.19. The van der Waals surface area contributed by atoms with E-state index in [-0.39, 0.29) is 0 Å². The van der Waals surface area contributed by atoms with Gasteiger partial charge in [0.25, 0.3) is 0 Å². The first-order valence-corrected chi connectivity index (χ1v) is 23.9. The number of aromatic nitrogens is 8. The van der Waals surface area contributed by atoms with E-state index in [1.165, 1.54) is 0 Å². The lowest BCUT2D eigenvalue weighted by Gasteiger charge is -2.08. The van der Waals surface area contributed by atoms with E-state index in [2.05, 4.69) is 182 Å². The maximum atomic E-state index is 5.47. The quantitative estimate of drug-likeness (QED) is 0.170. The van der Waals surface area contributed by atoms with E-state index >= 15 is 0 Å². The molecule has 2 aliphatic heterocycles. The zero-order chi connectivity index (χ0) is 47.9. The molecule has 3 aromatic heterocycles. The summed E-state index contributed by atoms with van der Waals surface area (Å²) in [7, 11) is 0. The molecule has 2 aliphatic rings. The first kappa shape index (κ1) is 40.0. The molecule has 0 saturated carbocycles. The molecule has 13 aromatic rings. The van der Waals surface area contributed by atoms with E-state index in [1.54, 1.807) is 0 Å². The van der Waals surface area contributed by atoms with Gasteiger partial charge in [-0.3, -0.25) is 0 Å². The number of benzene rings is 10. The van der Waals surface area contributed by atoms with Crippen molar-refractivity contribution in [1.82, 2.24) is 39.9 Å². The number of nitrogens with zero attached hydrogens (tertiary/aromatic N) is 6. The normalized spacial score (nSPS) is 12.1. The van der Waals surface area contributed by atoms with Gasteiger partial charge in [-0.2, -0.15) is 0 Å². The van der Waals surface area contributed by atoms with Crippen LogP contribution in [-0.4, -0.2) is 39.9 Å². The summed E-state index contributed by atoms with van der Waals surface area (Å²) in [6.45, 7) is 16.4. The lowest BCUT2D eigenvalue weighted by atomic mass is 9.96. The largest absolute Gasteiger partial charge is 0.324 e. The Morgan fingerprint density at radius 2 is 0.500 bits per heavy atom. The predicted octanol–water partition coefficient (Wildman–Crippen LogP) is 16.4. The Labute approximate surface area is 410 Å². The summed E-state index contributed by atoms with van der Waals surface area (Å²) in [4.78, 5) is 39.9. The Hall–Kier alpha value is -9.92. The number of hydrogen-bond acceptors (Lipinski definition) is 6. The molecule has 8 heteroatoms. The van der Waals surface area contributed by atoms with Crippen LogP contribution in [-0.2, 0) is 0 Å². The van der Waals surface area contributed by atoms with Crippen LogP contribution in [0.15, 0.2) is 172 Å². The number of aromatic amines is 2. The van der Waals surface area contributed by atoms with Crippen molar-refractivity contribution in [2.45, 2.75) is 0 Å². The maximum absolute atomic E-state index is 5.47. The second-order valence-corrected chi connectivity index (χ2v) is 18.8. The molecule has 0 fully saturated rings. The smallest absolute Gasteiger partial charge is 0.164 e. The molecule has 5 heterocycles. The third kappa shape index (κ3) is 5.93. The molecule has 8 nitrogen and oxygen atoms in total. The lowest BCUT2D eigenvalue weighted by Crippen LogP contribution is -1.87. The zero-order valence-corrected chi connectivity index (χ0v) is 38.7. The van der Waals surface area contributed by atoms with Crippen LogP contribution in [0, 0.1) is 0 Å². The summed E-state index contributed by atoms with van der Waals surface area (Å²) < 4.78 is 0. The molecule has 10 aromatic carbocycles. The molecule has 2 N–H and O–H groups in total. The van der Waals surface area contributed by atoms with E-state index < -0.39 is 0 Å². The molecule has 0 amide bonds. The van der Waals surface area contributed by atoms with Crippen LogP contribution in [0.4, 0.5) is 0 Å². The summed E-state index contributed by atoms with van der Waals surface area (Å²) in [6, 6.07) is 51.9. The minimum Gasteiger partial charge on any atom is -0.324 e. The van der Waals surface area contributed by atoms with Gasteiger partial charge >= 0.3 is 0 Å². The number of rotatable bonds is 4. The van der Waals surface area contributed by atoms with Crippen LogP contribution in [0.3, 0.4) is 0 Å². The van der Waals surface area contributed by atoms with Gasteiger partial charge in [0.05, 0.1) is 0 Å². The molecule has 0 radical (unpaired) electrons. The van der Waals surface area contributed by atoms with Crippen molar-refractivity contribution < 1.29 is 0 Å². The molecule has 0 saturated heterocycles. The van der Waals surface area contributed by atoms with Crippen LogP contribution < -0.4 is 0 Å². The SMILES string of the molecule is C=Cc1cc2cc3c(cc2cc1C=C)-c1nc-3nc2[nH]c(nc3nc(nc4[nH]c(n1)c1cc5cc6ccccc6cc5cc41)-c1cc4cc5ccccc5cc4cc1-3)c1cc3cc(C=C)c(C=C)cc3cc21. The minimum atomic E-state index is 0.518. The van der Waals surface area contributed by atoms with Crippen molar-refractivity contribution in [3.05, 3.63) is 194 Å². The zero-order valence-electron chi connectivity index (χ0n) is 38.7. The fourth-order valence-corrected chi connectivity index (χ4v) is 11.0. The van der Waals surface area contributed by atoms with E-state index in [1.807, 2.05) is 24.3 Å². The van der Waals surface area contributed by atoms with Crippen LogP contribution >= 0.6 is 0 Å². The van der Waals surface area contributed by atoms with Gasteiger partial charge in [0.15, 0.2) is 23.3 Å². The standard InChI is InChI=1S/C64H38N8/c1-5-33-17-41-25-49-51(27-43(41)19-35(33)7-3)59-66-57(49)65-58-50-26-42-18-34(6-2)36(8-4)20-44(42)28-52(50)60(67-58)69-62-54-30-46-22-38-14-10-12-16-40(38)24-48(46)32-56(54)64(71-62)72-63-55-31-47-23-39-15-11-9-13-37(39)21-45(47)29-53(55)61(68-59)70-63/h5-32H,1-4H2,(H2,65,66,67,68,69,70,71,72). The van der Waals surface area contributed by atoms with Crippen LogP contribution in [0.5, 0.6) is 0 Å². The minimum absolute atomic E-state index is 0.518. The van der Waals surface area contributed by atoms with E-state index in [0.717, 1.165) is 131 Å². The van der Waals surface area contributed by atoms with Gasteiger partial charge in [-0.25, -0.2) is 29.9 Å². The van der Waals surface area contributed by atoms with Crippen LogP contribution in [0.25, 0.3) is 179 Å². The molecular weight excluding hydrogens is 881 g/mol. The Morgan fingerprint density at radius 3 is 0.764 bits per heavy atom. The summed E-state index contributed by atoms with van der Waals surface area (Å²) in [5.74, 6) is 2.12. The number of H-pyrrole nitrogens is 2. The molecule has 15 rings (SSSR count). The predicted molar refractivity (Wildman–Crippen MR) is 301 cm³/mol. The highest BCUT2D eigenvalue weighted by Crippen LogP contribution is 2.42. The molecule has 0 spiro atoms. The maximum Gasteiger partial charge on any atom is 0.164 e. The van der Waals surface area contributed by atoms with Gasteiger partial charge in [-0.05, 0) is 184 Å². The van der Waals surface area contributed by atoms with Crippen molar-refractivity contribution >= 4 is 133 Å². The Bertz CT molecular complexity index is 4900.